The number of hydrogen-bond acceptors (Lipinski definition) is 5. The number of ether oxygens (including phenoxy) is 1. The van der Waals surface area contributed by atoms with Gasteiger partial charge in [0.15, 0.2) is 0 Å². The van der Waals surface area contributed by atoms with Gasteiger partial charge in [0.05, 0.1) is 34.7 Å². The number of nitrogens with zero attached hydrogens (tertiary/aromatic N) is 2. The maximum Gasteiger partial charge on any atom is 0.340 e. The predicted octanol–water partition coefficient (Wildman–Crippen LogP) is 4.03. The van der Waals surface area contributed by atoms with Crippen LogP contribution in [0.25, 0.3) is 5.69 Å². The average molecular weight is 399 g/mol. The lowest BCUT2D eigenvalue weighted by Gasteiger charge is -2.22. The van der Waals surface area contributed by atoms with E-state index in [0.29, 0.717) is 5.69 Å². The highest BCUT2D eigenvalue weighted by Crippen LogP contribution is 2.63. The van der Waals surface area contributed by atoms with Crippen LogP contribution in [0.5, 0.6) is 0 Å². The van der Waals surface area contributed by atoms with Crippen molar-refractivity contribution in [1.29, 1.82) is 0 Å². The molecule has 2 aliphatic heterocycles. The fraction of sp³-hybridized carbons (Fsp3) is 0.143. The molecule has 1 spiro atoms. The number of aromatic nitrogens is 2. The van der Waals surface area contributed by atoms with Gasteiger partial charge >= 0.3 is 5.97 Å². The molecule has 0 amide bonds. The highest BCUT2D eigenvalue weighted by molar-refractivity contribution is 9.10. The standard InChI is InChI=1S/C14H8BrFN2O2S2/c1-20-13(19)8-4-7(16)5-9-11(8)18-12(10(15)6-17-18)14(9)21-2-3-22-14/h2-6H,1H3. The Labute approximate surface area is 142 Å². The van der Waals surface area contributed by atoms with Gasteiger partial charge in [0.25, 0.3) is 0 Å². The Morgan fingerprint density at radius 1 is 1.41 bits per heavy atom. The third-order valence-electron chi connectivity index (χ3n) is 3.61. The molecule has 0 fully saturated rings. The Hall–Kier alpha value is -1.25. The number of methoxy groups -OCH3 is 1. The van der Waals surface area contributed by atoms with Crippen molar-refractivity contribution in [2.75, 3.05) is 7.11 Å². The number of thioether (sulfide) groups is 2. The number of esters is 1. The molecule has 0 aliphatic carbocycles. The van der Waals surface area contributed by atoms with Gasteiger partial charge in [-0.1, -0.05) is 0 Å². The summed E-state index contributed by atoms with van der Waals surface area (Å²) in [5.74, 6) is -1.04. The van der Waals surface area contributed by atoms with Crippen molar-refractivity contribution in [1.82, 2.24) is 9.78 Å². The quantitative estimate of drug-likeness (QED) is 0.678. The largest absolute Gasteiger partial charge is 0.465 e. The van der Waals surface area contributed by atoms with Gasteiger partial charge in [0.1, 0.15) is 9.90 Å². The highest BCUT2D eigenvalue weighted by atomic mass is 79.9. The molecule has 0 atom stereocenters. The summed E-state index contributed by atoms with van der Waals surface area (Å²) in [5.41, 5.74) is 2.37. The van der Waals surface area contributed by atoms with Gasteiger partial charge in [-0.25, -0.2) is 13.9 Å². The van der Waals surface area contributed by atoms with E-state index in [2.05, 4.69) is 21.0 Å². The van der Waals surface area contributed by atoms with Crippen molar-refractivity contribution in [3.8, 4) is 5.69 Å². The first kappa shape index (κ1) is 14.3. The van der Waals surface area contributed by atoms with Crippen LogP contribution in [-0.2, 0) is 8.82 Å². The van der Waals surface area contributed by atoms with Crippen LogP contribution >= 0.6 is 39.5 Å². The molecule has 0 bridgehead atoms. The summed E-state index contributed by atoms with van der Waals surface area (Å²) >= 11 is 6.64. The second-order valence-electron chi connectivity index (χ2n) is 4.72. The Kier molecular flexibility index (Phi) is 3.18. The van der Waals surface area contributed by atoms with Crippen molar-refractivity contribution in [3.05, 3.63) is 56.3 Å². The number of halogens is 2. The van der Waals surface area contributed by atoms with E-state index in [1.165, 1.54) is 19.2 Å². The lowest BCUT2D eigenvalue weighted by atomic mass is 10.1. The Morgan fingerprint density at radius 2 is 2.14 bits per heavy atom. The number of carbonyl (C=O) groups excluding carboxylic acids is 1. The van der Waals surface area contributed by atoms with Gasteiger partial charge in [-0.2, -0.15) is 5.10 Å². The zero-order chi connectivity index (χ0) is 15.5. The van der Waals surface area contributed by atoms with Crippen LogP contribution in [0.3, 0.4) is 0 Å². The molecule has 22 heavy (non-hydrogen) atoms. The second kappa shape index (κ2) is 4.87. The molecule has 2 aliphatic rings. The molecular formula is C14H8BrFN2O2S2. The maximum atomic E-state index is 14.1. The average Bonchev–Trinajstić information content (AvgIpc) is 3.18. The second-order valence-corrected chi connectivity index (χ2v) is 8.07. The van der Waals surface area contributed by atoms with E-state index in [4.69, 9.17) is 4.74 Å². The molecule has 4 nitrogen and oxygen atoms in total. The molecule has 4 rings (SSSR count). The Bertz CT molecular complexity index is 842. The summed E-state index contributed by atoms with van der Waals surface area (Å²) in [6, 6.07) is 2.66. The van der Waals surface area contributed by atoms with Crippen LogP contribution in [0.1, 0.15) is 21.6 Å². The molecule has 112 valence electrons. The normalized spacial score (nSPS) is 16.9. The molecule has 3 heterocycles. The number of hydrogen-bond donors (Lipinski definition) is 0. The minimum Gasteiger partial charge on any atom is -0.465 e. The van der Waals surface area contributed by atoms with Gasteiger partial charge < -0.3 is 4.74 Å². The molecule has 0 unspecified atom stereocenters. The zero-order valence-electron chi connectivity index (χ0n) is 11.2. The van der Waals surface area contributed by atoms with Crippen LogP contribution in [0.4, 0.5) is 4.39 Å². The van der Waals surface area contributed by atoms with Gasteiger partial charge in [0.2, 0.25) is 0 Å². The van der Waals surface area contributed by atoms with E-state index in [1.54, 1.807) is 34.4 Å². The number of benzene rings is 1. The van der Waals surface area contributed by atoms with Crippen molar-refractivity contribution in [3.63, 3.8) is 0 Å². The van der Waals surface area contributed by atoms with Crippen LogP contribution in [0.15, 0.2) is 33.6 Å². The molecule has 0 saturated heterocycles. The number of rotatable bonds is 1. The lowest BCUT2D eigenvalue weighted by molar-refractivity contribution is 0.0600. The Balaban J connectivity index is 2.09. The molecule has 0 radical (unpaired) electrons. The van der Waals surface area contributed by atoms with Gasteiger partial charge in [-0.15, -0.1) is 23.5 Å². The molecule has 1 aromatic heterocycles. The SMILES string of the molecule is COC(=O)c1cc(F)cc2c1-n1ncc(Br)c1C21SC=CS1. The third kappa shape index (κ3) is 1.71. The summed E-state index contributed by atoms with van der Waals surface area (Å²) < 4.78 is 20.9. The lowest BCUT2D eigenvalue weighted by Crippen LogP contribution is -2.14. The van der Waals surface area contributed by atoms with E-state index in [-0.39, 0.29) is 5.56 Å². The summed E-state index contributed by atoms with van der Waals surface area (Å²) in [7, 11) is 1.28. The first-order valence-corrected chi connectivity index (χ1v) is 8.81. The van der Waals surface area contributed by atoms with Crippen LogP contribution < -0.4 is 0 Å². The van der Waals surface area contributed by atoms with Crippen molar-refractivity contribution < 1.29 is 13.9 Å². The summed E-state index contributed by atoms with van der Waals surface area (Å²) in [6.07, 6.45) is 1.68. The van der Waals surface area contributed by atoms with Gasteiger partial charge in [0, 0.05) is 5.56 Å². The van der Waals surface area contributed by atoms with E-state index in [9.17, 15) is 9.18 Å². The smallest absolute Gasteiger partial charge is 0.340 e. The number of fused-ring (bicyclic) bond motifs is 5. The molecule has 0 saturated carbocycles. The molecule has 2 aromatic rings. The third-order valence-corrected chi connectivity index (χ3v) is 6.97. The van der Waals surface area contributed by atoms with Crippen molar-refractivity contribution in [2.45, 2.75) is 4.08 Å². The van der Waals surface area contributed by atoms with Crippen LogP contribution in [0.2, 0.25) is 0 Å². The summed E-state index contributed by atoms with van der Waals surface area (Å²) in [5, 5.41) is 8.28. The van der Waals surface area contributed by atoms with Gasteiger partial charge in [-0.05, 0) is 38.9 Å². The van der Waals surface area contributed by atoms with Crippen molar-refractivity contribution in [2.24, 2.45) is 0 Å². The van der Waals surface area contributed by atoms with Gasteiger partial charge in [-0.3, -0.25) is 0 Å². The van der Waals surface area contributed by atoms with E-state index in [0.717, 1.165) is 15.7 Å². The van der Waals surface area contributed by atoms with Crippen LogP contribution in [-0.4, -0.2) is 22.9 Å². The molecule has 8 heteroatoms. The first-order valence-electron chi connectivity index (χ1n) is 6.26. The minimum absolute atomic E-state index is 0.180. The fourth-order valence-corrected chi connectivity index (χ4v) is 6.16. The summed E-state index contributed by atoms with van der Waals surface area (Å²) in [6.45, 7) is 0. The zero-order valence-corrected chi connectivity index (χ0v) is 14.4. The number of carbonyl (C=O) groups is 1. The topological polar surface area (TPSA) is 44.1 Å². The maximum absolute atomic E-state index is 14.1. The molecule has 1 aromatic carbocycles. The minimum atomic E-state index is -0.577. The monoisotopic (exact) mass is 398 g/mol. The molecular weight excluding hydrogens is 391 g/mol. The predicted molar refractivity (Wildman–Crippen MR) is 87.7 cm³/mol. The van der Waals surface area contributed by atoms with E-state index < -0.39 is 15.9 Å². The van der Waals surface area contributed by atoms with E-state index in [1.807, 2.05) is 10.8 Å². The highest BCUT2D eigenvalue weighted by Gasteiger charge is 2.50. The van der Waals surface area contributed by atoms with Crippen molar-refractivity contribution >= 4 is 45.4 Å². The molecule has 0 N–H and O–H groups in total. The van der Waals surface area contributed by atoms with Crippen LogP contribution in [0, 0.1) is 5.82 Å². The Morgan fingerprint density at radius 3 is 2.82 bits per heavy atom. The van der Waals surface area contributed by atoms with E-state index >= 15 is 0 Å². The fourth-order valence-electron chi connectivity index (χ4n) is 2.78. The first-order chi connectivity index (χ1) is 10.6. The summed E-state index contributed by atoms with van der Waals surface area (Å²) in [4.78, 5) is 12.1.